The first-order valence-electron chi connectivity index (χ1n) is 7.30. The van der Waals surface area contributed by atoms with Crippen molar-refractivity contribution in [2.45, 2.75) is 53.0 Å². The standard InChI is InChI=1S/C19H25N/c1-13-11-14(2)18(12-13)17-10-8-7-9-16(17)15(3)20-19(4,5)6/h7-12,18H,1-6H3. The molecule has 1 aromatic carbocycles. The van der Waals surface area contributed by atoms with Crippen molar-refractivity contribution in [1.82, 2.24) is 0 Å². The van der Waals surface area contributed by atoms with Gasteiger partial charge in [-0.05, 0) is 52.7 Å². The molecule has 2 rings (SSSR count). The first kappa shape index (κ1) is 14.8. The van der Waals surface area contributed by atoms with Crippen LogP contribution in [0.2, 0.25) is 0 Å². The lowest BCUT2D eigenvalue weighted by molar-refractivity contribution is 0.583. The molecule has 0 saturated carbocycles. The van der Waals surface area contributed by atoms with Crippen molar-refractivity contribution in [2.24, 2.45) is 4.99 Å². The number of rotatable bonds is 2. The number of aliphatic imine (C=N–C) groups is 1. The lowest BCUT2D eigenvalue weighted by Crippen LogP contribution is -2.14. The van der Waals surface area contributed by atoms with Crippen LogP contribution in [0.25, 0.3) is 0 Å². The van der Waals surface area contributed by atoms with Crippen molar-refractivity contribution < 1.29 is 0 Å². The van der Waals surface area contributed by atoms with E-state index < -0.39 is 0 Å². The van der Waals surface area contributed by atoms with Gasteiger partial charge in [0.25, 0.3) is 0 Å². The minimum Gasteiger partial charge on any atom is -0.284 e. The second-order valence-electron chi connectivity index (χ2n) is 6.73. The summed E-state index contributed by atoms with van der Waals surface area (Å²) >= 11 is 0. The summed E-state index contributed by atoms with van der Waals surface area (Å²) in [6.07, 6.45) is 4.62. The highest BCUT2D eigenvalue weighted by Crippen LogP contribution is 2.35. The Bertz CT molecular complexity index is 594. The molecule has 0 aliphatic heterocycles. The highest BCUT2D eigenvalue weighted by Gasteiger charge is 2.20. The summed E-state index contributed by atoms with van der Waals surface area (Å²) in [6.45, 7) is 12.9. The Balaban J connectivity index is 2.48. The number of nitrogens with zero attached hydrogens (tertiary/aromatic N) is 1. The quantitative estimate of drug-likeness (QED) is 0.646. The van der Waals surface area contributed by atoms with E-state index in [0.717, 1.165) is 5.71 Å². The Morgan fingerprint density at radius 3 is 2.30 bits per heavy atom. The summed E-state index contributed by atoms with van der Waals surface area (Å²) < 4.78 is 0. The molecule has 0 saturated heterocycles. The van der Waals surface area contributed by atoms with Gasteiger partial charge in [0.15, 0.2) is 0 Å². The van der Waals surface area contributed by atoms with Gasteiger partial charge in [-0.3, -0.25) is 4.99 Å². The van der Waals surface area contributed by atoms with Crippen LogP contribution in [0.1, 0.15) is 58.6 Å². The summed E-state index contributed by atoms with van der Waals surface area (Å²) in [6, 6.07) is 8.64. The summed E-state index contributed by atoms with van der Waals surface area (Å²) in [5.74, 6) is 0.399. The molecule has 1 aliphatic carbocycles. The summed E-state index contributed by atoms with van der Waals surface area (Å²) in [7, 11) is 0. The molecule has 106 valence electrons. The molecule has 0 fully saturated rings. The van der Waals surface area contributed by atoms with E-state index in [-0.39, 0.29) is 5.54 Å². The van der Waals surface area contributed by atoms with Crippen LogP contribution in [0.4, 0.5) is 0 Å². The van der Waals surface area contributed by atoms with E-state index in [4.69, 9.17) is 4.99 Å². The predicted molar refractivity (Wildman–Crippen MR) is 88.7 cm³/mol. The van der Waals surface area contributed by atoms with Crippen LogP contribution in [-0.4, -0.2) is 11.3 Å². The van der Waals surface area contributed by atoms with Gasteiger partial charge in [0, 0.05) is 11.6 Å². The average molecular weight is 267 g/mol. The van der Waals surface area contributed by atoms with Crippen LogP contribution >= 0.6 is 0 Å². The predicted octanol–water partition coefficient (Wildman–Crippen LogP) is 5.28. The monoisotopic (exact) mass is 267 g/mol. The third-order valence-electron chi connectivity index (χ3n) is 3.56. The Kier molecular flexibility index (Phi) is 3.99. The van der Waals surface area contributed by atoms with Crippen LogP contribution in [-0.2, 0) is 0 Å². The number of hydrogen-bond acceptors (Lipinski definition) is 1. The fourth-order valence-corrected chi connectivity index (χ4v) is 2.89. The van der Waals surface area contributed by atoms with Gasteiger partial charge in [-0.25, -0.2) is 0 Å². The smallest absolute Gasteiger partial charge is 0.0527 e. The molecule has 20 heavy (non-hydrogen) atoms. The first-order valence-corrected chi connectivity index (χ1v) is 7.30. The second-order valence-corrected chi connectivity index (χ2v) is 6.73. The van der Waals surface area contributed by atoms with E-state index in [0.29, 0.717) is 5.92 Å². The number of benzene rings is 1. The normalized spacial score (nSPS) is 19.9. The Hall–Kier alpha value is -1.63. The third kappa shape index (κ3) is 3.27. The van der Waals surface area contributed by atoms with E-state index >= 15 is 0 Å². The second kappa shape index (κ2) is 5.40. The molecule has 1 nitrogen and oxygen atoms in total. The van der Waals surface area contributed by atoms with Gasteiger partial charge in [0.05, 0.1) is 5.54 Å². The highest BCUT2D eigenvalue weighted by atomic mass is 14.8. The van der Waals surface area contributed by atoms with E-state index in [1.807, 2.05) is 0 Å². The van der Waals surface area contributed by atoms with Gasteiger partial charge in [0.1, 0.15) is 0 Å². The zero-order chi connectivity index (χ0) is 14.9. The summed E-state index contributed by atoms with van der Waals surface area (Å²) in [4.78, 5) is 4.83. The topological polar surface area (TPSA) is 12.4 Å². The summed E-state index contributed by atoms with van der Waals surface area (Å²) in [5.41, 5.74) is 6.49. The van der Waals surface area contributed by atoms with Crippen LogP contribution in [0, 0.1) is 0 Å². The zero-order valence-corrected chi connectivity index (χ0v) is 13.5. The molecular formula is C19H25N. The van der Waals surface area contributed by atoms with Crippen molar-refractivity contribution in [3.8, 4) is 0 Å². The minimum atomic E-state index is -0.0382. The van der Waals surface area contributed by atoms with Crippen LogP contribution in [0.15, 0.2) is 52.6 Å². The fraction of sp³-hybridized carbons (Fsp3) is 0.421. The van der Waals surface area contributed by atoms with E-state index in [2.05, 4.69) is 78.0 Å². The Morgan fingerprint density at radius 1 is 1.10 bits per heavy atom. The Labute approximate surface area is 123 Å². The first-order chi connectivity index (χ1) is 9.28. The molecule has 0 heterocycles. The Morgan fingerprint density at radius 2 is 1.75 bits per heavy atom. The highest BCUT2D eigenvalue weighted by molar-refractivity contribution is 6.00. The van der Waals surface area contributed by atoms with E-state index in [1.165, 1.54) is 22.3 Å². The SMILES string of the molecule is CC1=CC(c2ccccc2C(C)=NC(C)(C)C)C(C)=C1. The zero-order valence-electron chi connectivity index (χ0n) is 13.5. The van der Waals surface area contributed by atoms with Crippen molar-refractivity contribution in [3.05, 3.63) is 58.7 Å². The molecule has 1 unspecified atom stereocenters. The molecule has 1 atom stereocenters. The number of allylic oxidation sites excluding steroid dienone is 4. The summed E-state index contributed by atoms with van der Waals surface area (Å²) in [5, 5.41) is 0. The molecule has 0 bridgehead atoms. The molecule has 1 aliphatic rings. The lowest BCUT2D eigenvalue weighted by Gasteiger charge is -2.19. The van der Waals surface area contributed by atoms with E-state index in [9.17, 15) is 0 Å². The maximum atomic E-state index is 4.83. The molecule has 0 spiro atoms. The maximum Gasteiger partial charge on any atom is 0.0527 e. The van der Waals surface area contributed by atoms with Crippen molar-refractivity contribution in [3.63, 3.8) is 0 Å². The van der Waals surface area contributed by atoms with Gasteiger partial charge in [0.2, 0.25) is 0 Å². The molecule has 1 heteroatoms. The lowest BCUT2D eigenvalue weighted by atomic mass is 9.89. The van der Waals surface area contributed by atoms with Gasteiger partial charge in [-0.2, -0.15) is 0 Å². The molecule has 0 aromatic heterocycles. The molecule has 0 amide bonds. The fourth-order valence-electron chi connectivity index (χ4n) is 2.89. The van der Waals surface area contributed by atoms with Gasteiger partial charge < -0.3 is 0 Å². The molecule has 1 aromatic rings. The molecule has 0 radical (unpaired) electrons. The van der Waals surface area contributed by atoms with Gasteiger partial charge in [-0.1, -0.05) is 47.6 Å². The van der Waals surface area contributed by atoms with Gasteiger partial charge >= 0.3 is 0 Å². The largest absolute Gasteiger partial charge is 0.284 e. The van der Waals surface area contributed by atoms with Crippen molar-refractivity contribution in [1.29, 1.82) is 0 Å². The number of hydrogen-bond donors (Lipinski definition) is 0. The van der Waals surface area contributed by atoms with Crippen LogP contribution in [0.3, 0.4) is 0 Å². The maximum absolute atomic E-state index is 4.83. The molecular weight excluding hydrogens is 242 g/mol. The van der Waals surface area contributed by atoms with Gasteiger partial charge in [-0.15, -0.1) is 0 Å². The average Bonchev–Trinajstić information content (AvgIpc) is 2.66. The van der Waals surface area contributed by atoms with Crippen molar-refractivity contribution >= 4 is 5.71 Å². The van der Waals surface area contributed by atoms with Crippen LogP contribution < -0.4 is 0 Å². The third-order valence-corrected chi connectivity index (χ3v) is 3.56. The van der Waals surface area contributed by atoms with E-state index in [1.54, 1.807) is 0 Å². The van der Waals surface area contributed by atoms with Crippen LogP contribution in [0.5, 0.6) is 0 Å². The minimum absolute atomic E-state index is 0.0382. The molecule has 0 N–H and O–H groups in total. The van der Waals surface area contributed by atoms with Crippen molar-refractivity contribution in [2.75, 3.05) is 0 Å².